The number of nitrogens with zero attached hydrogens (tertiary/aromatic N) is 2. The van der Waals surface area contributed by atoms with E-state index in [9.17, 15) is 14.7 Å². The number of anilines is 2. The van der Waals surface area contributed by atoms with E-state index in [4.69, 9.17) is 5.73 Å². The Kier molecular flexibility index (Phi) is 4.07. The van der Waals surface area contributed by atoms with Gasteiger partial charge in [-0.25, -0.2) is 9.78 Å². The first kappa shape index (κ1) is 14.1. The van der Waals surface area contributed by atoms with E-state index in [0.29, 0.717) is 37.4 Å². The fourth-order valence-corrected chi connectivity index (χ4v) is 2.44. The average molecular weight is 278 g/mol. The molecule has 1 aliphatic rings. The molecule has 7 heteroatoms. The van der Waals surface area contributed by atoms with E-state index in [-0.39, 0.29) is 17.4 Å². The van der Waals surface area contributed by atoms with Gasteiger partial charge >= 0.3 is 5.97 Å². The summed E-state index contributed by atoms with van der Waals surface area (Å²) < 4.78 is 0. The molecule has 2 rings (SSSR count). The first-order valence-corrected chi connectivity index (χ1v) is 6.48. The predicted octanol–water partition coefficient (Wildman–Crippen LogP) is 0.324. The third-order valence-electron chi connectivity index (χ3n) is 3.53. The zero-order valence-corrected chi connectivity index (χ0v) is 11.3. The highest BCUT2D eigenvalue weighted by Crippen LogP contribution is 2.25. The molecule has 0 aliphatic carbocycles. The van der Waals surface area contributed by atoms with Crippen molar-refractivity contribution in [1.29, 1.82) is 0 Å². The van der Waals surface area contributed by atoms with Gasteiger partial charge in [-0.3, -0.25) is 4.79 Å². The number of nitrogens with two attached hydrogens (primary N) is 1. The second kappa shape index (κ2) is 5.77. The second-order valence-electron chi connectivity index (χ2n) is 4.82. The van der Waals surface area contributed by atoms with Gasteiger partial charge in [-0.1, -0.05) is 0 Å². The van der Waals surface area contributed by atoms with E-state index in [2.05, 4.69) is 10.3 Å². The number of aromatic carboxylic acids is 1. The lowest BCUT2D eigenvalue weighted by Gasteiger charge is -2.32. The van der Waals surface area contributed by atoms with Gasteiger partial charge < -0.3 is 21.1 Å². The van der Waals surface area contributed by atoms with E-state index >= 15 is 0 Å². The van der Waals surface area contributed by atoms with Crippen molar-refractivity contribution in [2.24, 2.45) is 5.92 Å². The van der Waals surface area contributed by atoms with Crippen LogP contribution in [0.1, 0.15) is 23.2 Å². The van der Waals surface area contributed by atoms with E-state index in [1.54, 1.807) is 7.05 Å². The number of piperidine rings is 1. The number of pyridine rings is 1. The van der Waals surface area contributed by atoms with Gasteiger partial charge in [0, 0.05) is 26.1 Å². The first-order valence-electron chi connectivity index (χ1n) is 6.48. The summed E-state index contributed by atoms with van der Waals surface area (Å²) in [4.78, 5) is 28.8. The van der Waals surface area contributed by atoms with E-state index < -0.39 is 5.97 Å². The molecule has 4 N–H and O–H groups in total. The van der Waals surface area contributed by atoms with Crippen LogP contribution in [0.4, 0.5) is 11.5 Å². The van der Waals surface area contributed by atoms with E-state index in [0.717, 1.165) is 0 Å². The largest absolute Gasteiger partial charge is 0.478 e. The molecule has 0 radical (unpaired) electrons. The molecule has 1 aromatic heterocycles. The number of carbonyl (C=O) groups is 2. The maximum atomic E-state index is 11.6. The van der Waals surface area contributed by atoms with Gasteiger partial charge in [-0.2, -0.15) is 0 Å². The lowest BCUT2D eigenvalue weighted by atomic mass is 9.95. The highest BCUT2D eigenvalue weighted by atomic mass is 16.4. The molecule has 0 unspecified atom stereocenters. The van der Waals surface area contributed by atoms with Gasteiger partial charge in [-0.15, -0.1) is 0 Å². The van der Waals surface area contributed by atoms with Crippen molar-refractivity contribution in [3.8, 4) is 0 Å². The quantitative estimate of drug-likeness (QED) is 0.735. The topological polar surface area (TPSA) is 109 Å². The third-order valence-corrected chi connectivity index (χ3v) is 3.53. The van der Waals surface area contributed by atoms with Crippen LogP contribution < -0.4 is 16.0 Å². The summed E-state index contributed by atoms with van der Waals surface area (Å²) in [6.07, 6.45) is 2.82. The summed E-state index contributed by atoms with van der Waals surface area (Å²) in [6.45, 7) is 1.21. The summed E-state index contributed by atoms with van der Waals surface area (Å²) in [5, 5.41) is 11.9. The molecule has 1 amide bonds. The van der Waals surface area contributed by atoms with Gasteiger partial charge in [0.25, 0.3) is 0 Å². The van der Waals surface area contributed by atoms with Gasteiger partial charge in [0.05, 0.1) is 11.9 Å². The van der Waals surface area contributed by atoms with Crippen LogP contribution in [0, 0.1) is 5.92 Å². The van der Waals surface area contributed by atoms with Gasteiger partial charge in [0.1, 0.15) is 11.4 Å². The zero-order valence-electron chi connectivity index (χ0n) is 11.3. The molecule has 0 saturated carbocycles. The fraction of sp³-hybridized carbons (Fsp3) is 0.462. The van der Waals surface area contributed by atoms with Crippen LogP contribution in [-0.4, -0.2) is 42.1 Å². The molecule has 108 valence electrons. The van der Waals surface area contributed by atoms with Crippen molar-refractivity contribution in [2.75, 3.05) is 30.8 Å². The minimum absolute atomic E-state index is 0.0155. The smallest absolute Gasteiger partial charge is 0.339 e. The Balaban J connectivity index is 2.15. The molecule has 1 fully saturated rings. The Morgan fingerprint density at radius 2 is 2.10 bits per heavy atom. The van der Waals surface area contributed by atoms with Crippen molar-refractivity contribution in [3.05, 3.63) is 17.8 Å². The number of carboxylic acids is 1. The molecular weight excluding hydrogens is 260 g/mol. The standard InChI is InChI=1S/C13H18N4O3/c1-15-12(18)8-2-4-17(5-3-8)11-10(13(19)20)6-9(14)7-16-11/h6-8H,2-5,14H2,1H3,(H,15,18)(H,19,20). The van der Waals surface area contributed by atoms with Gasteiger partial charge in [0.15, 0.2) is 0 Å². The Labute approximate surface area is 116 Å². The molecule has 0 bridgehead atoms. The molecule has 1 aromatic rings. The van der Waals surface area contributed by atoms with E-state index in [1.807, 2.05) is 4.90 Å². The SMILES string of the molecule is CNC(=O)C1CCN(c2ncc(N)cc2C(=O)O)CC1. The van der Waals surface area contributed by atoms with E-state index in [1.165, 1.54) is 12.3 Å². The van der Waals surface area contributed by atoms with Crippen molar-refractivity contribution in [1.82, 2.24) is 10.3 Å². The van der Waals surface area contributed by atoms with Gasteiger partial charge in [0.2, 0.25) is 5.91 Å². The van der Waals surface area contributed by atoms with Crippen molar-refractivity contribution in [2.45, 2.75) is 12.8 Å². The highest BCUT2D eigenvalue weighted by molar-refractivity contribution is 5.94. The van der Waals surface area contributed by atoms with Crippen LogP contribution in [0.3, 0.4) is 0 Å². The number of nitrogens with one attached hydrogen (secondary N) is 1. The maximum Gasteiger partial charge on any atom is 0.339 e. The van der Waals surface area contributed by atoms with Crippen molar-refractivity contribution < 1.29 is 14.7 Å². The molecule has 0 atom stereocenters. The normalized spacial score (nSPS) is 15.9. The average Bonchev–Trinajstić information content (AvgIpc) is 2.46. The Morgan fingerprint density at radius 3 is 2.65 bits per heavy atom. The number of hydrogen-bond acceptors (Lipinski definition) is 5. The van der Waals surface area contributed by atoms with Crippen molar-refractivity contribution >= 4 is 23.4 Å². The molecule has 0 spiro atoms. The third kappa shape index (κ3) is 2.81. The number of aromatic nitrogens is 1. The minimum Gasteiger partial charge on any atom is -0.478 e. The molecule has 0 aromatic carbocycles. The summed E-state index contributed by atoms with van der Waals surface area (Å²) in [6, 6.07) is 1.41. The first-order chi connectivity index (χ1) is 9.52. The highest BCUT2D eigenvalue weighted by Gasteiger charge is 2.27. The van der Waals surface area contributed by atoms with Gasteiger partial charge in [-0.05, 0) is 18.9 Å². The molecule has 20 heavy (non-hydrogen) atoms. The predicted molar refractivity (Wildman–Crippen MR) is 74.6 cm³/mol. The lowest BCUT2D eigenvalue weighted by Crippen LogP contribution is -2.40. The Bertz CT molecular complexity index is 524. The van der Waals surface area contributed by atoms with Crippen LogP contribution in [0.25, 0.3) is 0 Å². The maximum absolute atomic E-state index is 11.6. The van der Waals surface area contributed by atoms with Crippen LogP contribution in [0.15, 0.2) is 12.3 Å². The molecule has 1 saturated heterocycles. The lowest BCUT2D eigenvalue weighted by molar-refractivity contribution is -0.125. The summed E-state index contributed by atoms with van der Waals surface area (Å²) >= 11 is 0. The van der Waals surface area contributed by atoms with Crippen LogP contribution in [0.2, 0.25) is 0 Å². The Hall–Kier alpha value is -2.31. The number of nitrogen functional groups attached to an aromatic ring is 1. The molecule has 7 nitrogen and oxygen atoms in total. The number of amides is 1. The number of rotatable bonds is 3. The number of carbonyl (C=O) groups excluding carboxylic acids is 1. The fourth-order valence-electron chi connectivity index (χ4n) is 2.44. The second-order valence-corrected chi connectivity index (χ2v) is 4.82. The summed E-state index contributed by atoms with van der Waals surface area (Å²) in [5.41, 5.74) is 6.00. The number of hydrogen-bond donors (Lipinski definition) is 3. The molecule has 2 heterocycles. The van der Waals surface area contributed by atoms with Crippen molar-refractivity contribution in [3.63, 3.8) is 0 Å². The van der Waals surface area contributed by atoms with Crippen LogP contribution >= 0.6 is 0 Å². The molecule has 1 aliphatic heterocycles. The monoisotopic (exact) mass is 278 g/mol. The molecular formula is C13H18N4O3. The zero-order chi connectivity index (χ0) is 14.7. The van der Waals surface area contributed by atoms with Crippen LogP contribution in [0.5, 0.6) is 0 Å². The minimum atomic E-state index is -1.05. The number of carboxylic acid groups (broad SMARTS) is 1. The summed E-state index contributed by atoms with van der Waals surface area (Å²) in [7, 11) is 1.62. The van der Waals surface area contributed by atoms with Crippen LogP contribution in [-0.2, 0) is 4.79 Å². The summed E-state index contributed by atoms with van der Waals surface area (Å²) in [5.74, 6) is -0.609. The Morgan fingerprint density at radius 1 is 1.45 bits per heavy atom.